The van der Waals surface area contributed by atoms with Crippen LogP contribution in [0.1, 0.15) is 36.8 Å². The molecular weight excluding hydrogens is 238 g/mol. The van der Waals surface area contributed by atoms with Crippen LogP contribution in [0.15, 0.2) is 24.3 Å². The van der Waals surface area contributed by atoms with Crippen molar-refractivity contribution >= 4 is 12.2 Å². The topological polar surface area (TPSA) is 37.4 Å². The first-order valence-corrected chi connectivity index (χ1v) is 6.81. The number of benzene rings is 1. The lowest BCUT2D eigenvalue weighted by Gasteiger charge is -2.40. The Balaban J connectivity index is 2.41. The molecule has 0 heterocycles. The lowest BCUT2D eigenvalue weighted by Crippen LogP contribution is -2.43. The van der Waals surface area contributed by atoms with Gasteiger partial charge in [0.1, 0.15) is 5.78 Å². The summed E-state index contributed by atoms with van der Waals surface area (Å²) >= 11 is 0. The number of Topliss-reactive ketones (excluding diaryl/α,β-unsaturated/α-hetero) is 1. The first-order valence-electron chi connectivity index (χ1n) is 6.81. The van der Waals surface area contributed by atoms with E-state index in [9.17, 15) is 9.59 Å². The molecule has 0 radical (unpaired) electrons. The molecule has 1 amide bonds. The minimum absolute atomic E-state index is 0.198. The van der Waals surface area contributed by atoms with Crippen LogP contribution in [0.4, 0.5) is 0 Å². The first-order chi connectivity index (χ1) is 9.07. The van der Waals surface area contributed by atoms with E-state index in [-0.39, 0.29) is 5.41 Å². The molecule has 1 aliphatic rings. The number of amides is 1. The molecule has 0 aromatic heterocycles. The molecule has 0 spiro atoms. The van der Waals surface area contributed by atoms with E-state index in [0.717, 1.165) is 19.3 Å². The van der Waals surface area contributed by atoms with Crippen LogP contribution in [0.25, 0.3) is 0 Å². The lowest BCUT2D eigenvalue weighted by molar-refractivity contribution is -0.124. The molecule has 1 saturated carbocycles. The number of carbonyl (C=O) groups is 2. The van der Waals surface area contributed by atoms with Crippen molar-refractivity contribution in [3.8, 4) is 0 Å². The molecule has 1 unspecified atom stereocenters. The van der Waals surface area contributed by atoms with Gasteiger partial charge in [0.2, 0.25) is 6.41 Å². The van der Waals surface area contributed by atoms with Crippen molar-refractivity contribution in [2.45, 2.75) is 38.0 Å². The van der Waals surface area contributed by atoms with Gasteiger partial charge in [0.25, 0.3) is 0 Å². The summed E-state index contributed by atoms with van der Waals surface area (Å²) < 4.78 is 0. The van der Waals surface area contributed by atoms with Crippen molar-refractivity contribution in [1.82, 2.24) is 4.90 Å². The summed E-state index contributed by atoms with van der Waals surface area (Å²) in [5.74, 6) is 0.314. The molecule has 1 atom stereocenters. The Morgan fingerprint density at radius 1 is 1.37 bits per heavy atom. The number of likely N-dealkylation sites (N-methyl/N-ethyl adjacent to an activating group) is 1. The first kappa shape index (κ1) is 13.8. The van der Waals surface area contributed by atoms with Gasteiger partial charge >= 0.3 is 0 Å². The molecule has 0 N–H and O–H groups in total. The summed E-state index contributed by atoms with van der Waals surface area (Å²) in [4.78, 5) is 24.5. The summed E-state index contributed by atoms with van der Waals surface area (Å²) in [6.07, 6.45) is 3.97. The molecule has 2 rings (SSSR count). The van der Waals surface area contributed by atoms with Gasteiger partial charge in [-0.15, -0.1) is 0 Å². The van der Waals surface area contributed by atoms with Gasteiger partial charge in [0.15, 0.2) is 0 Å². The van der Waals surface area contributed by atoms with Gasteiger partial charge in [-0.05, 0) is 30.9 Å². The highest BCUT2D eigenvalue weighted by Gasteiger charge is 2.38. The molecular formula is C16H21NO2. The molecule has 0 saturated heterocycles. The zero-order valence-electron chi connectivity index (χ0n) is 11.7. The van der Waals surface area contributed by atoms with Crippen LogP contribution in [0.5, 0.6) is 0 Å². The van der Waals surface area contributed by atoms with E-state index in [1.165, 1.54) is 11.1 Å². The Morgan fingerprint density at radius 2 is 2.11 bits per heavy atom. The van der Waals surface area contributed by atoms with Gasteiger partial charge in [0, 0.05) is 31.8 Å². The number of rotatable bonds is 4. The fourth-order valence-electron chi connectivity index (χ4n) is 3.31. The van der Waals surface area contributed by atoms with Crippen molar-refractivity contribution < 1.29 is 9.59 Å². The van der Waals surface area contributed by atoms with E-state index in [4.69, 9.17) is 0 Å². The Morgan fingerprint density at radius 3 is 2.74 bits per heavy atom. The highest BCUT2D eigenvalue weighted by Crippen LogP contribution is 2.39. The van der Waals surface area contributed by atoms with Crippen molar-refractivity contribution in [3.05, 3.63) is 35.4 Å². The van der Waals surface area contributed by atoms with Crippen LogP contribution in [-0.2, 0) is 15.0 Å². The van der Waals surface area contributed by atoms with Gasteiger partial charge in [-0.2, -0.15) is 0 Å². The number of nitrogens with zero attached hydrogens (tertiary/aromatic N) is 1. The maximum Gasteiger partial charge on any atom is 0.209 e. The van der Waals surface area contributed by atoms with Gasteiger partial charge < -0.3 is 4.90 Å². The van der Waals surface area contributed by atoms with Crippen molar-refractivity contribution in [2.24, 2.45) is 0 Å². The SMILES string of the molecule is Cc1ccccc1C1(CN(C)C=O)CCCC(=O)C1. The molecule has 102 valence electrons. The number of aryl methyl sites for hydroxylation is 1. The Hall–Kier alpha value is -1.64. The molecule has 0 aliphatic heterocycles. The van der Waals surface area contributed by atoms with Crippen LogP contribution in [-0.4, -0.2) is 30.7 Å². The van der Waals surface area contributed by atoms with Crippen LogP contribution in [0.2, 0.25) is 0 Å². The Bertz CT molecular complexity index is 483. The third-order valence-corrected chi connectivity index (χ3v) is 4.09. The second-order valence-corrected chi connectivity index (χ2v) is 5.68. The summed E-state index contributed by atoms with van der Waals surface area (Å²) in [5.41, 5.74) is 2.23. The second kappa shape index (κ2) is 5.55. The van der Waals surface area contributed by atoms with Crippen molar-refractivity contribution in [1.29, 1.82) is 0 Å². The smallest absolute Gasteiger partial charge is 0.209 e. The summed E-state index contributed by atoms with van der Waals surface area (Å²) in [7, 11) is 1.78. The van der Waals surface area contributed by atoms with Gasteiger partial charge in [-0.3, -0.25) is 9.59 Å². The summed E-state index contributed by atoms with van der Waals surface area (Å²) in [6.45, 7) is 2.70. The van der Waals surface area contributed by atoms with E-state index in [1.807, 2.05) is 12.1 Å². The van der Waals surface area contributed by atoms with E-state index in [2.05, 4.69) is 19.1 Å². The molecule has 1 fully saturated rings. The van der Waals surface area contributed by atoms with Gasteiger partial charge in [-0.1, -0.05) is 24.3 Å². The zero-order valence-corrected chi connectivity index (χ0v) is 11.7. The monoisotopic (exact) mass is 259 g/mol. The van der Waals surface area contributed by atoms with Gasteiger partial charge in [-0.25, -0.2) is 0 Å². The second-order valence-electron chi connectivity index (χ2n) is 5.68. The van der Waals surface area contributed by atoms with E-state index in [0.29, 0.717) is 25.2 Å². The third kappa shape index (κ3) is 2.86. The standard InChI is InChI=1S/C16H21NO2/c1-13-6-3-4-8-15(13)16(11-17(2)12-18)9-5-7-14(19)10-16/h3-4,6,8,12H,5,7,9-11H2,1-2H3. The predicted octanol–water partition coefficient (Wildman–Crippen LogP) is 2.46. The van der Waals surface area contributed by atoms with Crippen molar-refractivity contribution in [3.63, 3.8) is 0 Å². The van der Waals surface area contributed by atoms with Crippen LogP contribution < -0.4 is 0 Å². The van der Waals surface area contributed by atoms with Crippen molar-refractivity contribution in [2.75, 3.05) is 13.6 Å². The molecule has 3 nitrogen and oxygen atoms in total. The van der Waals surface area contributed by atoms with Crippen LogP contribution in [0, 0.1) is 6.92 Å². The minimum Gasteiger partial charge on any atom is -0.347 e. The number of ketones is 1. The predicted molar refractivity (Wildman–Crippen MR) is 75.0 cm³/mol. The van der Waals surface area contributed by atoms with E-state index >= 15 is 0 Å². The maximum absolute atomic E-state index is 11.9. The van der Waals surface area contributed by atoms with E-state index in [1.54, 1.807) is 11.9 Å². The zero-order chi connectivity index (χ0) is 13.9. The van der Waals surface area contributed by atoms with Crippen LogP contribution in [0.3, 0.4) is 0 Å². The summed E-state index contributed by atoms with van der Waals surface area (Å²) in [6, 6.07) is 8.22. The summed E-state index contributed by atoms with van der Waals surface area (Å²) in [5, 5.41) is 0. The Labute approximate surface area is 114 Å². The highest BCUT2D eigenvalue weighted by molar-refractivity contribution is 5.81. The molecule has 3 heteroatoms. The number of hydrogen-bond acceptors (Lipinski definition) is 2. The largest absolute Gasteiger partial charge is 0.347 e. The maximum atomic E-state index is 11.9. The molecule has 1 aromatic carbocycles. The lowest BCUT2D eigenvalue weighted by atomic mass is 9.67. The average Bonchev–Trinajstić information content (AvgIpc) is 2.39. The number of hydrogen-bond donors (Lipinski definition) is 0. The molecule has 1 aliphatic carbocycles. The molecule has 0 bridgehead atoms. The number of carbonyl (C=O) groups excluding carboxylic acids is 2. The minimum atomic E-state index is -0.198. The normalized spacial score (nSPS) is 23.2. The van der Waals surface area contributed by atoms with Gasteiger partial charge in [0.05, 0.1) is 0 Å². The third-order valence-electron chi connectivity index (χ3n) is 4.09. The fourth-order valence-corrected chi connectivity index (χ4v) is 3.31. The fraction of sp³-hybridized carbons (Fsp3) is 0.500. The van der Waals surface area contributed by atoms with E-state index < -0.39 is 0 Å². The molecule has 1 aromatic rings. The van der Waals surface area contributed by atoms with Crippen LogP contribution >= 0.6 is 0 Å². The quantitative estimate of drug-likeness (QED) is 0.779. The average molecular weight is 259 g/mol. The highest BCUT2D eigenvalue weighted by atomic mass is 16.1. The Kier molecular flexibility index (Phi) is 4.03. The molecule has 19 heavy (non-hydrogen) atoms.